The minimum Gasteiger partial charge on any atom is -0.317 e. The number of hydrogen-bond acceptors (Lipinski definition) is 5. The third kappa shape index (κ3) is 9.29. The summed E-state index contributed by atoms with van der Waals surface area (Å²) in [6.45, 7) is 13.2. The summed E-state index contributed by atoms with van der Waals surface area (Å²) in [5.74, 6) is 0.259. The van der Waals surface area contributed by atoms with E-state index < -0.39 is 20.0 Å². The molecule has 0 aromatic heterocycles. The predicted molar refractivity (Wildman–Crippen MR) is 191 cm³/mol. The first-order chi connectivity index (χ1) is 21.7. The fourth-order valence-corrected chi connectivity index (χ4v) is 9.87. The van der Waals surface area contributed by atoms with Gasteiger partial charge in [0, 0.05) is 30.1 Å². The Labute approximate surface area is 286 Å². The molecule has 46 heavy (non-hydrogen) atoms. The Morgan fingerprint density at radius 2 is 1.43 bits per heavy atom. The maximum absolute atomic E-state index is 14.3. The Balaban J connectivity index is 1.67. The lowest BCUT2D eigenvalue weighted by Crippen LogP contribution is -2.40. The highest BCUT2D eigenvalue weighted by Crippen LogP contribution is 2.31. The largest absolute Gasteiger partial charge is 0.317 e. The van der Waals surface area contributed by atoms with E-state index in [1.165, 1.54) is 24.3 Å². The highest BCUT2D eigenvalue weighted by molar-refractivity contribution is 9.10. The third-order valence-corrected chi connectivity index (χ3v) is 13.0. The Morgan fingerprint density at radius 1 is 0.826 bits per heavy atom. The van der Waals surface area contributed by atoms with Crippen LogP contribution in [0.1, 0.15) is 83.4 Å². The van der Waals surface area contributed by atoms with Gasteiger partial charge >= 0.3 is 0 Å². The second-order valence-corrected chi connectivity index (χ2v) is 18.2. The topological polar surface area (TPSA) is 86.8 Å². The van der Waals surface area contributed by atoms with Gasteiger partial charge in [-0.2, -0.15) is 8.61 Å². The second-order valence-electron chi connectivity index (χ2n) is 13.4. The molecule has 1 heterocycles. The number of nitrogens with zero attached hydrogens (tertiary/aromatic N) is 2. The molecule has 1 aliphatic rings. The number of sulfonamides is 2. The van der Waals surface area contributed by atoms with E-state index in [9.17, 15) is 16.8 Å². The van der Waals surface area contributed by atoms with Gasteiger partial charge in [0.2, 0.25) is 20.0 Å². The van der Waals surface area contributed by atoms with Crippen molar-refractivity contribution in [2.75, 3.05) is 19.6 Å². The zero-order valence-electron chi connectivity index (χ0n) is 27.9. The van der Waals surface area contributed by atoms with E-state index in [2.05, 4.69) is 61.1 Å². The van der Waals surface area contributed by atoms with Gasteiger partial charge in [0.15, 0.2) is 0 Å². The van der Waals surface area contributed by atoms with Crippen LogP contribution >= 0.6 is 15.9 Å². The van der Waals surface area contributed by atoms with E-state index in [4.69, 9.17) is 0 Å². The Bertz CT molecular complexity index is 1630. The fraction of sp³-hybridized carbons (Fsp3) is 0.500. The summed E-state index contributed by atoms with van der Waals surface area (Å²) in [5, 5.41) is 3.35. The number of benzene rings is 3. The molecule has 0 aliphatic carbocycles. The van der Waals surface area contributed by atoms with Gasteiger partial charge in [-0.15, -0.1) is 0 Å². The summed E-state index contributed by atoms with van der Waals surface area (Å²) >= 11 is 3.63. The van der Waals surface area contributed by atoms with Crippen molar-refractivity contribution >= 4 is 36.0 Å². The van der Waals surface area contributed by atoms with E-state index in [0.717, 1.165) is 59.9 Å². The molecule has 0 bridgehead atoms. The van der Waals surface area contributed by atoms with Gasteiger partial charge in [-0.3, -0.25) is 0 Å². The summed E-state index contributed by atoms with van der Waals surface area (Å²) in [6.07, 6.45) is 4.08. The van der Waals surface area contributed by atoms with Crippen LogP contribution in [0.4, 0.5) is 0 Å². The molecule has 0 spiro atoms. The predicted octanol–water partition coefficient (Wildman–Crippen LogP) is 7.71. The van der Waals surface area contributed by atoms with Crippen molar-refractivity contribution < 1.29 is 16.8 Å². The Hall–Kier alpha value is -2.08. The first kappa shape index (κ1) is 36.8. The second kappa shape index (κ2) is 15.9. The summed E-state index contributed by atoms with van der Waals surface area (Å²) in [5.41, 5.74) is 2.85. The van der Waals surface area contributed by atoms with Crippen LogP contribution in [0.15, 0.2) is 87.1 Å². The Morgan fingerprint density at radius 3 is 2.00 bits per heavy atom. The summed E-state index contributed by atoms with van der Waals surface area (Å²) in [6, 6.07) is 21.4. The zero-order chi connectivity index (χ0) is 33.5. The standard InChI is InChI=1S/C36H50BrN3O4S2/c1-6-11-33(7-2)40(27-30-22-31(36(3,4)5)24-32(37)23-30)46(43,44)35-16-14-34(15-17-35)45(41,42)39(25-28-12-9-8-10-13-28)26-29-18-20-38-21-19-29/h8-10,12-17,22-24,29,33,38H,6-7,11,18-21,25-27H2,1-5H3. The van der Waals surface area contributed by atoms with E-state index in [1.807, 2.05) is 43.3 Å². The summed E-state index contributed by atoms with van der Waals surface area (Å²) in [7, 11) is -7.83. The molecule has 1 N–H and O–H groups in total. The molecule has 3 aromatic rings. The smallest absolute Gasteiger partial charge is 0.243 e. The van der Waals surface area contributed by atoms with E-state index in [0.29, 0.717) is 13.0 Å². The highest BCUT2D eigenvalue weighted by atomic mass is 79.9. The summed E-state index contributed by atoms with van der Waals surface area (Å²) in [4.78, 5) is 0.199. The van der Waals surface area contributed by atoms with E-state index in [-0.39, 0.29) is 40.3 Å². The van der Waals surface area contributed by atoms with Crippen LogP contribution in [-0.2, 0) is 38.6 Å². The van der Waals surface area contributed by atoms with Crippen molar-refractivity contribution in [1.29, 1.82) is 0 Å². The van der Waals surface area contributed by atoms with Gasteiger partial charge in [-0.1, -0.05) is 93.4 Å². The van der Waals surface area contributed by atoms with Gasteiger partial charge in [0.1, 0.15) is 0 Å². The molecule has 3 aromatic carbocycles. The third-order valence-electron chi connectivity index (χ3n) is 8.85. The molecule has 1 fully saturated rings. The lowest BCUT2D eigenvalue weighted by atomic mass is 9.86. The lowest BCUT2D eigenvalue weighted by molar-refractivity contribution is 0.284. The van der Waals surface area contributed by atoms with Crippen molar-refractivity contribution in [2.24, 2.45) is 5.92 Å². The van der Waals surface area contributed by atoms with Gasteiger partial charge in [-0.05, 0) is 103 Å². The molecule has 1 unspecified atom stereocenters. The molecule has 10 heteroatoms. The molecule has 1 atom stereocenters. The number of rotatable bonds is 14. The van der Waals surface area contributed by atoms with Crippen molar-refractivity contribution in [3.05, 3.63) is 94.0 Å². The molecular weight excluding hydrogens is 682 g/mol. The first-order valence-electron chi connectivity index (χ1n) is 16.4. The first-order valence-corrected chi connectivity index (χ1v) is 20.1. The molecular formula is C36H50BrN3O4S2. The molecule has 252 valence electrons. The van der Waals surface area contributed by atoms with Crippen molar-refractivity contribution in [1.82, 2.24) is 13.9 Å². The SMILES string of the molecule is CCCC(CC)N(Cc1cc(Br)cc(C(C)(C)C)c1)S(=O)(=O)c1ccc(S(=O)(=O)N(Cc2ccccc2)CC2CCNCC2)cc1. The molecule has 7 nitrogen and oxygen atoms in total. The van der Waals surface area contributed by atoms with E-state index >= 15 is 0 Å². The van der Waals surface area contributed by atoms with Crippen LogP contribution in [0.3, 0.4) is 0 Å². The summed E-state index contributed by atoms with van der Waals surface area (Å²) < 4.78 is 60.9. The van der Waals surface area contributed by atoms with Gasteiger partial charge < -0.3 is 5.32 Å². The van der Waals surface area contributed by atoms with Crippen LogP contribution in [0.5, 0.6) is 0 Å². The number of hydrogen-bond donors (Lipinski definition) is 1. The highest BCUT2D eigenvalue weighted by Gasteiger charge is 2.33. The van der Waals surface area contributed by atoms with Crippen LogP contribution < -0.4 is 5.32 Å². The maximum atomic E-state index is 14.3. The average Bonchev–Trinajstić information content (AvgIpc) is 3.02. The van der Waals surface area contributed by atoms with Crippen molar-refractivity contribution in [2.45, 2.75) is 101 Å². The number of halogens is 1. The van der Waals surface area contributed by atoms with Gasteiger partial charge in [0.25, 0.3) is 0 Å². The molecule has 1 saturated heterocycles. The van der Waals surface area contributed by atoms with Gasteiger partial charge in [-0.25, -0.2) is 16.8 Å². The van der Waals surface area contributed by atoms with Crippen molar-refractivity contribution in [3.8, 4) is 0 Å². The molecule has 0 radical (unpaired) electrons. The normalized spacial score (nSPS) is 15.8. The zero-order valence-corrected chi connectivity index (χ0v) is 31.1. The minimum atomic E-state index is -3.95. The Kier molecular flexibility index (Phi) is 12.7. The number of piperidine rings is 1. The van der Waals surface area contributed by atoms with Crippen molar-refractivity contribution in [3.63, 3.8) is 0 Å². The van der Waals surface area contributed by atoms with Crippen LogP contribution in [0.25, 0.3) is 0 Å². The average molecular weight is 733 g/mol. The monoisotopic (exact) mass is 731 g/mol. The van der Waals surface area contributed by atoms with Crippen LogP contribution in [-0.4, -0.2) is 51.1 Å². The minimum absolute atomic E-state index is 0.0972. The lowest BCUT2D eigenvalue weighted by Gasteiger charge is -2.31. The molecule has 1 aliphatic heterocycles. The fourth-order valence-electron chi connectivity index (χ4n) is 6.10. The van der Waals surface area contributed by atoms with Crippen LogP contribution in [0, 0.1) is 5.92 Å². The quantitative estimate of drug-likeness (QED) is 0.184. The molecule has 0 saturated carbocycles. The maximum Gasteiger partial charge on any atom is 0.243 e. The molecule has 0 amide bonds. The number of nitrogens with one attached hydrogen (secondary N) is 1. The van der Waals surface area contributed by atoms with Crippen LogP contribution in [0.2, 0.25) is 0 Å². The molecule has 4 rings (SSSR count). The van der Waals surface area contributed by atoms with Gasteiger partial charge in [0.05, 0.1) is 9.79 Å². The van der Waals surface area contributed by atoms with E-state index in [1.54, 1.807) is 8.61 Å².